The topological polar surface area (TPSA) is 71.4 Å². The van der Waals surface area contributed by atoms with Gasteiger partial charge in [0.2, 0.25) is 0 Å². The number of hydrogen-bond donors (Lipinski definition) is 1. The van der Waals surface area contributed by atoms with E-state index in [1.165, 1.54) is 5.57 Å². The van der Waals surface area contributed by atoms with Gasteiger partial charge in [0.25, 0.3) is 0 Å². The molecule has 1 N–H and O–H groups in total. The highest BCUT2D eigenvalue weighted by atomic mass is 16.4. The van der Waals surface area contributed by atoms with Crippen LogP contribution in [0.1, 0.15) is 106 Å². The van der Waals surface area contributed by atoms with Gasteiger partial charge in [0.05, 0.1) is 5.41 Å². The summed E-state index contributed by atoms with van der Waals surface area (Å²) in [5, 5.41) is 10.0. The molecule has 5 aliphatic carbocycles. The Balaban J connectivity index is 1.63. The lowest BCUT2D eigenvalue weighted by atomic mass is 9.33. The summed E-state index contributed by atoms with van der Waals surface area (Å²) in [7, 11) is 0. The van der Waals surface area contributed by atoms with Crippen LogP contribution >= 0.6 is 0 Å². The van der Waals surface area contributed by atoms with Gasteiger partial charge in [-0.05, 0) is 97.9 Å². The van der Waals surface area contributed by atoms with Crippen molar-refractivity contribution in [3.63, 3.8) is 0 Å². The minimum atomic E-state index is -0.721. The molecule has 5 rings (SSSR count). The van der Waals surface area contributed by atoms with Crippen LogP contribution in [0.5, 0.6) is 0 Å². The molecular formula is C30H44O4. The highest BCUT2D eigenvalue weighted by Gasteiger charge is 2.70. The molecule has 0 aromatic heterocycles. The summed E-state index contributed by atoms with van der Waals surface area (Å²) in [4.78, 5) is 39.3. The maximum atomic E-state index is 14.2. The molecule has 0 bridgehead atoms. The van der Waals surface area contributed by atoms with E-state index in [0.29, 0.717) is 18.6 Å². The van der Waals surface area contributed by atoms with Gasteiger partial charge in [-0.25, -0.2) is 0 Å². The molecule has 0 spiro atoms. The van der Waals surface area contributed by atoms with Gasteiger partial charge in [0.1, 0.15) is 5.78 Å². The number of ketones is 2. The zero-order chi connectivity index (χ0) is 25.1. The second-order valence-corrected chi connectivity index (χ2v) is 14.7. The largest absolute Gasteiger partial charge is 0.481 e. The Hall–Kier alpha value is -1.45. The summed E-state index contributed by atoms with van der Waals surface area (Å²) >= 11 is 0. The number of Topliss-reactive ketones (excluding diaryl/α,β-unsaturated/α-hetero) is 1. The quantitative estimate of drug-likeness (QED) is 0.469. The Morgan fingerprint density at radius 1 is 0.912 bits per heavy atom. The average molecular weight is 469 g/mol. The molecule has 8 atom stereocenters. The molecule has 0 unspecified atom stereocenters. The lowest BCUT2D eigenvalue weighted by Crippen LogP contribution is -2.66. The molecule has 0 aromatic rings. The average Bonchev–Trinajstić information content (AvgIpc) is 2.73. The van der Waals surface area contributed by atoms with Crippen molar-refractivity contribution in [3.05, 3.63) is 11.6 Å². The third kappa shape index (κ3) is 2.75. The van der Waals surface area contributed by atoms with Crippen molar-refractivity contribution < 1.29 is 19.5 Å². The maximum Gasteiger partial charge on any atom is 0.309 e. The molecule has 0 aliphatic heterocycles. The van der Waals surface area contributed by atoms with Gasteiger partial charge in [0.15, 0.2) is 5.78 Å². The Morgan fingerprint density at radius 3 is 2.21 bits per heavy atom. The van der Waals surface area contributed by atoms with Crippen LogP contribution in [0.2, 0.25) is 0 Å². The van der Waals surface area contributed by atoms with Gasteiger partial charge < -0.3 is 5.11 Å². The number of hydrogen-bond acceptors (Lipinski definition) is 3. The molecule has 0 heterocycles. The molecule has 0 amide bonds. The Labute approximate surface area is 205 Å². The fourth-order valence-electron chi connectivity index (χ4n) is 10.2. The first-order valence-corrected chi connectivity index (χ1v) is 13.6. The summed E-state index contributed by atoms with van der Waals surface area (Å²) in [5.41, 5.74) is -0.205. The molecule has 0 radical (unpaired) electrons. The predicted octanol–water partition coefficient (Wildman–Crippen LogP) is 6.62. The van der Waals surface area contributed by atoms with Gasteiger partial charge in [-0.1, -0.05) is 47.1 Å². The van der Waals surface area contributed by atoms with Crippen molar-refractivity contribution >= 4 is 17.5 Å². The third-order valence-electron chi connectivity index (χ3n) is 12.8. The summed E-state index contributed by atoms with van der Waals surface area (Å²) in [6, 6.07) is 0. The number of carboxylic acids is 1. The van der Waals surface area contributed by atoms with E-state index < -0.39 is 11.4 Å². The second kappa shape index (κ2) is 6.85. The standard InChI is InChI=1S/C30H44O4/c1-25(2)21-8-11-30(7)23(28(21,5)10-9-22(25)32)20(31)16-18-19-17-27(4,24(33)34)13-12-26(19,3)14-15-29(18,30)6/h16,19,21,23H,8-15,17H2,1-7H3,(H,33,34)/t19-,21+,23-,26-,27-,28+,29-,30-/m1/s1. The molecule has 0 aromatic carbocycles. The first-order valence-electron chi connectivity index (χ1n) is 13.6. The second-order valence-electron chi connectivity index (χ2n) is 14.7. The van der Waals surface area contributed by atoms with Gasteiger partial charge in [-0.15, -0.1) is 0 Å². The van der Waals surface area contributed by atoms with E-state index in [2.05, 4.69) is 41.5 Å². The Bertz CT molecular complexity index is 1010. The molecule has 34 heavy (non-hydrogen) atoms. The molecule has 0 saturated heterocycles. The van der Waals surface area contributed by atoms with E-state index in [0.717, 1.165) is 44.9 Å². The minimum absolute atomic E-state index is 0.0707. The van der Waals surface area contributed by atoms with Crippen LogP contribution in [-0.4, -0.2) is 22.6 Å². The molecule has 4 heteroatoms. The number of aliphatic carboxylic acids is 1. The molecule has 4 nitrogen and oxygen atoms in total. The number of carbonyl (C=O) groups excluding carboxylic acids is 2. The van der Waals surface area contributed by atoms with Crippen molar-refractivity contribution in [2.75, 3.05) is 0 Å². The first kappa shape index (κ1) is 24.3. The van der Waals surface area contributed by atoms with Crippen molar-refractivity contribution in [2.24, 2.45) is 50.2 Å². The van der Waals surface area contributed by atoms with Gasteiger partial charge in [0, 0.05) is 17.8 Å². The predicted molar refractivity (Wildman–Crippen MR) is 132 cm³/mol. The van der Waals surface area contributed by atoms with Crippen LogP contribution in [0.25, 0.3) is 0 Å². The number of carbonyl (C=O) groups is 3. The van der Waals surface area contributed by atoms with Crippen LogP contribution in [-0.2, 0) is 14.4 Å². The molecule has 188 valence electrons. The monoisotopic (exact) mass is 468 g/mol. The van der Waals surface area contributed by atoms with Crippen molar-refractivity contribution in [1.29, 1.82) is 0 Å². The van der Waals surface area contributed by atoms with E-state index in [-0.39, 0.29) is 50.6 Å². The highest BCUT2D eigenvalue weighted by molar-refractivity contribution is 5.96. The Kier molecular flexibility index (Phi) is 4.89. The van der Waals surface area contributed by atoms with E-state index >= 15 is 0 Å². The van der Waals surface area contributed by atoms with Crippen LogP contribution in [0, 0.1) is 50.2 Å². The zero-order valence-electron chi connectivity index (χ0n) is 22.3. The Morgan fingerprint density at radius 2 is 1.56 bits per heavy atom. The van der Waals surface area contributed by atoms with Crippen LogP contribution in [0.15, 0.2) is 11.6 Å². The van der Waals surface area contributed by atoms with Crippen molar-refractivity contribution in [2.45, 2.75) is 106 Å². The summed E-state index contributed by atoms with van der Waals surface area (Å²) in [6.45, 7) is 15.5. The molecular weight excluding hydrogens is 424 g/mol. The zero-order valence-corrected chi connectivity index (χ0v) is 22.3. The van der Waals surface area contributed by atoms with Crippen LogP contribution in [0.3, 0.4) is 0 Å². The van der Waals surface area contributed by atoms with Crippen molar-refractivity contribution in [1.82, 2.24) is 0 Å². The van der Waals surface area contributed by atoms with E-state index in [9.17, 15) is 19.5 Å². The fourth-order valence-corrected chi connectivity index (χ4v) is 10.2. The lowest BCUT2D eigenvalue weighted by molar-refractivity contribution is -0.188. The number of allylic oxidation sites excluding steroid dienone is 2. The number of fused-ring (bicyclic) bond motifs is 7. The van der Waals surface area contributed by atoms with E-state index in [4.69, 9.17) is 0 Å². The third-order valence-corrected chi connectivity index (χ3v) is 12.8. The molecule has 5 aliphatic rings. The van der Waals surface area contributed by atoms with Gasteiger partial charge in [-0.2, -0.15) is 0 Å². The van der Waals surface area contributed by atoms with Crippen molar-refractivity contribution in [3.8, 4) is 0 Å². The smallest absolute Gasteiger partial charge is 0.309 e. The summed E-state index contributed by atoms with van der Waals surface area (Å²) < 4.78 is 0. The molecule has 4 fully saturated rings. The first-order chi connectivity index (χ1) is 15.6. The molecule has 4 saturated carbocycles. The number of rotatable bonds is 1. The normalized spacial score (nSPS) is 52.0. The summed E-state index contributed by atoms with van der Waals surface area (Å²) in [5.74, 6) is 0.222. The van der Waals surface area contributed by atoms with Gasteiger partial charge in [-0.3, -0.25) is 14.4 Å². The van der Waals surface area contributed by atoms with Crippen LogP contribution in [0.4, 0.5) is 0 Å². The maximum absolute atomic E-state index is 14.2. The minimum Gasteiger partial charge on any atom is -0.481 e. The van der Waals surface area contributed by atoms with Gasteiger partial charge >= 0.3 is 5.97 Å². The number of carboxylic acid groups (broad SMARTS) is 1. The van der Waals surface area contributed by atoms with E-state index in [1.807, 2.05) is 13.0 Å². The summed E-state index contributed by atoms with van der Waals surface area (Å²) in [6.07, 6.45) is 9.78. The SMILES string of the molecule is CC1(C)C(=O)CC[C@]2(C)[C@H]3C(=O)C=C4[C@H]5C[C@](C)(C(=O)O)CC[C@]5(C)CC[C@@]4(C)[C@]3(C)CC[C@@H]12. The van der Waals surface area contributed by atoms with Crippen LogP contribution < -0.4 is 0 Å². The van der Waals surface area contributed by atoms with E-state index in [1.54, 1.807) is 0 Å². The highest BCUT2D eigenvalue weighted by Crippen LogP contribution is 2.74. The fraction of sp³-hybridized carbons (Fsp3) is 0.833. The lowest BCUT2D eigenvalue weighted by Gasteiger charge is -2.69.